The molecule has 1 aliphatic heterocycles. The van der Waals surface area contributed by atoms with Crippen LogP contribution in [0.25, 0.3) is 0 Å². The maximum absolute atomic E-state index is 4.58. The average Bonchev–Trinajstić information content (AvgIpc) is 2.59. The number of aromatic nitrogens is 2. The van der Waals surface area contributed by atoms with E-state index in [4.69, 9.17) is 0 Å². The lowest BCUT2D eigenvalue weighted by Crippen LogP contribution is -2.30. The van der Waals surface area contributed by atoms with Gasteiger partial charge in [-0.15, -0.1) is 0 Å². The smallest absolute Gasteiger partial charge is 0.0658 e. The van der Waals surface area contributed by atoms with Crippen molar-refractivity contribution in [2.75, 3.05) is 13.1 Å². The van der Waals surface area contributed by atoms with Crippen molar-refractivity contribution < 1.29 is 0 Å². The molecule has 0 amide bonds. The summed E-state index contributed by atoms with van der Waals surface area (Å²) >= 11 is 0. The standard InChI is InChI=1S/C12H21N3/c1-9-8-12(14-15(9)3)10(2)11-4-6-13-7-5-11/h8,10-11,13H,4-7H2,1-3H3. The summed E-state index contributed by atoms with van der Waals surface area (Å²) in [4.78, 5) is 0. The number of nitrogens with one attached hydrogen (secondary N) is 1. The predicted octanol–water partition coefficient (Wildman–Crippen LogP) is 1.83. The first-order chi connectivity index (χ1) is 7.18. The van der Waals surface area contributed by atoms with Gasteiger partial charge < -0.3 is 5.32 Å². The lowest BCUT2D eigenvalue weighted by molar-refractivity contribution is 0.326. The van der Waals surface area contributed by atoms with Crippen LogP contribution in [0.4, 0.5) is 0 Å². The van der Waals surface area contributed by atoms with Crippen LogP contribution in [0.3, 0.4) is 0 Å². The minimum atomic E-state index is 0.604. The van der Waals surface area contributed by atoms with Gasteiger partial charge in [0, 0.05) is 18.7 Å². The molecule has 0 aliphatic carbocycles. The molecule has 3 heteroatoms. The summed E-state index contributed by atoms with van der Waals surface area (Å²) in [7, 11) is 2.02. The van der Waals surface area contributed by atoms with Crippen LogP contribution >= 0.6 is 0 Å². The van der Waals surface area contributed by atoms with Crippen molar-refractivity contribution in [1.29, 1.82) is 0 Å². The van der Waals surface area contributed by atoms with E-state index in [2.05, 4.69) is 30.3 Å². The maximum atomic E-state index is 4.58. The minimum absolute atomic E-state index is 0.604. The molecule has 0 radical (unpaired) electrons. The van der Waals surface area contributed by atoms with Crippen molar-refractivity contribution in [3.63, 3.8) is 0 Å². The van der Waals surface area contributed by atoms with Crippen molar-refractivity contribution in [1.82, 2.24) is 15.1 Å². The molecule has 0 aromatic carbocycles. The summed E-state index contributed by atoms with van der Waals surface area (Å²) in [5.74, 6) is 1.41. The van der Waals surface area contributed by atoms with E-state index in [1.54, 1.807) is 0 Å². The lowest BCUT2D eigenvalue weighted by atomic mass is 9.84. The normalized spacial score (nSPS) is 20.5. The second-order valence-electron chi connectivity index (χ2n) is 4.71. The van der Waals surface area contributed by atoms with Crippen molar-refractivity contribution in [2.45, 2.75) is 32.6 Å². The van der Waals surface area contributed by atoms with E-state index in [0.29, 0.717) is 5.92 Å². The van der Waals surface area contributed by atoms with E-state index in [1.807, 2.05) is 11.7 Å². The molecule has 3 nitrogen and oxygen atoms in total. The van der Waals surface area contributed by atoms with Crippen molar-refractivity contribution in [3.05, 3.63) is 17.5 Å². The van der Waals surface area contributed by atoms with E-state index >= 15 is 0 Å². The molecule has 2 heterocycles. The zero-order valence-electron chi connectivity index (χ0n) is 9.95. The fourth-order valence-corrected chi connectivity index (χ4v) is 2.40. The second kappa shape index (κ2) is 4.35. The molecule has 1 aromatic heterocycles. The van der Waals surface area contributed by atoms with E-state index in [0.717, 1.165) is 5.92 Å². The molecular weight excluding hydrogens is 186 g/mol. The van der Waals surface area contributed by atoms with Gasteiger partial charge in [0.15, 0.2) is 0 Å². The Hall–Kier alpha value is -0.830. The van der Waals surface area contributed by atoms with Crippen molar-refractivity contribution in [3.8, 4) is 0 Å². The van der Waals surface area contributed by atoms with Gasteiger partial charge in [-0.1, -0.05) is 6.92 Å². The molecule has 2 rings (SSSR count). The van der Waals surface area contributed by atoms with Crippen LogP contribution in [0.5, 0.6) is 0 Å². The molecule has 0 spiro atoms. The highest BCUT2D eigenvalue weighted by atomic mass is 15.3. The van der Waals surface area contributed by atoms with Crippen LogP contribution in [0.2, 0.25) is 0 Å². The Balaban J connectivity index is 2.08. The van der Waals surface area contributed by atoms with Gasteiger partial charge in [0.2, 0.25) is 0 Å². The Kier molecular flexibility index (Phi) is 3.10. The number of aryl methyl sites for hydroxylation is 2. The number of hydrogen-bond acceptors (Lipinski definition) is 2. The monoisotopic (exact) mass is 207 g/mol. The van der Waals surface area contributed by atoms with Gasteiger partial charge in [0.05, 0.1) is 5.69 Å². The maximum Gasteiger partial charge on any atom is 0.0658 e. The van der Waals surface area contributed by atoms with E-state index in [9.17, 15) is 0 Å². The van der Waals surface area contributed by atoms with Crippen molar-refractivity contribution in [2.24, 2.45) is 13.0 Å². The fraction of sp³-hybridized carbons (Fsp3) is 0.750. The molecule has 1 saturated heterocycles. The van der Waals surface area contributed by atoms with Gasteiger partial charge in [-0.05, 0) is 44.8 Å². The highest BCUT2D eigenvalue weighted by Gasteiger charge is 2.23. The van der Waals surface area contributed by atoms with Gasteiger partial charge >= 0.3 is 0 Å². The largest absolute Gasteiger partial charge is 0.317 e. The Labute approximate surface area is 91.9 Å². The number of piperidine rings is 1. The molecule has 0 saturated carbocycles. The minimum Gasteiger partial charge on any atom is -0.317 e. The summed E-state index contributed by atoms with van der Waals surface area (Å²) < 4.78 is 1.98. The van der Waals surface area contributed by atoms with Crippen LogP contribution in [0, 0.1) is 12.8 Å². The van der Waals surface area contributed by atoms with E-state index < -0.39 is 0 Å². The number of hydrogen-bond donors (Lipinski definition) is 1. The molecule has 0 bridgehead atoms. The quantitative estimate of drug-likeness (QED) is 0.802. The highest BCUT2D eigenvalue weighted by molar-refractivity contribution is 5.13. The Morgan fingerprint density at radius 2 is 2.13 bits per heavy atom. The topological polar surface area (TPSA) is 29.9 Å². The molecular formula is C12H21N3. The zero-order valence-corrected chi connectivity index (χ0v) is 9.95. The van der Waals surface area contributed by atoms with Crippen molar-refractivity contribution >= 4 is 0 Å². The molecule has 1 fully saturated rings. The van der Waals surface area contributed by atoms with Gasteiger partial charge in [-0.2, -0.15) is 5.10 Å². The second-order valence-corrected chi connectivity index (χ2v) is 4.71. The first-order valence-corrected chi connectivity index (χ1v) is 5.89. The van der Waals surface area contributed by atoms with E-state index in [-0.39, 0.29) is 0 Å². The molecule has 1 N–H and O–H groups in total. The van der Waals surface area contributed by atoms with Crippen LogP contribution in [-0.4, -0.2) is 22.9 Å². The average molecular weight is 207 g/mol. The highest BCUT2D eigenvalue weighted by Crippen LogP contribution is 2.29. The zero-order chi connectivity index (χ0) is 10.8. The molecule has 1 aliphatic rings. The molecule has 15 heavy (non-hydrogen) atoms. The Morgan fingerprint density at radius 3 is 2.67 bits per heavy atom. The summed E-state index contributed by atoms with van der Waals surface area (Å²) in [5, 5.41) is 7.99. The predicted molar refractivity (Wildman–Crippen MR) is 62.0 cm³/mol. The summed E-state index contributed by atoms with van der Waals surface area (Å²) in [6, 6.07) is 2.23. The molecule has 84 valence electrons. The van der Waals surface area contributed by atoms with Crippen LogP contribution < -0.4 is 5.32 Å². The van der Waals surface area contributed by atoms with Gasteiger partial charge in [0.25, 0.3) is 0 Å². The van der Waals surface area contributed by atoms with Gasteiger partial charge in [-0.3, -0.25) is 4.68 Å². The summed E-state index contributed by atoms with van der Waals surface area (Å²) in [6.07, 6.45) is 2.58. The third-order valence-electron chi connectivity index (χ3n) is 3.69. The van der Waals surface area contributed by atoms with E-state index in [1.165, 1.54) is 37.3 Å². The van der Waals surface area contributed by atoms with Gasteiger partial charge in [0.1, 0.15) is 0 Å². The fourth-order valence-electron chi connectivity index (χ4n) is 2.40. The third kappa shape index (κ3) is 2.23. The number of nitrogens with zero attached hydrogens (tertiary/aromatic N) is 2. The SMILES string of the molecule is Cc1cc(C(C)C2CCNCC2)nn1C. The Bertz CT molecular complexity index is 304. The third-order valence-corrected chi connectivity index (χ3v) is 3.69. The van der Waals surface area contributed by atoms with Crippen LogP contribution in [-0.2, 0) is 7.05 Å². The first kappa shape index (κ1) is 10.7. The Morgan fingerprint density at radius 1 is 1.47 bits per heavy atom. The first-order valence-electron chi connectivity index (χ1n) is 5.89. The molecule has 1 unspecified atom stereocenters. The number of rotatable bonds is 2. The summed E-state index contributed by atoms with van der Waals surface area (Å²) in [6.45, 7) is 6.77. The molecule has 1 atom stereocenters. The lowest BCUT2D eigenvalue weighted by Gasteiger charge is -2.27. The van der Waals surface area contributed by atoms with Crippen LogP contribution in [0.1, 0.15) is 37.1 Å². The van der Waals surface area contributed by atoms with Gasteiger partial charge in [-0.25, -0.2) is 0 Å². The summed E-state index contributed by atoms with van der Waals surface area (Å²) in [5.41, 5.74) is 2.52. The van der Waals surface area contributed by atoms with Crippen LogP contribution in [0.15, 0.2) is 6.07 Å². The molecule has 1 aromatic rings.